The van der Waals surface area contributed by atoms with Gasteiger partial charge in [-0.25, -0.2) is 13.1 Å². The van der Waals surface area contributed by atoms with E-state index >= 15 is 0 Å². The summed E-state index contributed by atoms with van der Waals surface area (Å²) in [6.07, 6.45) is -0.0208. The highest BCUT2D eigenvalue weighted by atomic mass is 32.2. The molecular formula is C21H18N4O3S2. The fourth-order valence-electron chi connectivity index (χ4n) is 2.87. The van der Waals surface area contributed by atoms with Crippen LogP contribution in [0.5, 0.6) is 0 Å². The van der Waals surface area contributed by atoms with Crippen molar-refractivity contribution in [2.45, 2.75) is 11.3 Å². The van der Waals surface area contributed by atoms with Gasteiger partial charge >= 0.3 is 0 Å². The van der Waals surface area contributed by atoms with Crippen LogP contribution in [-0.2, 0) is 14.8 Å². The molecule has 1 heterocycles. The summed E-state index contributed by atoms with van der Waals surface area (Å²) in [7, 11) is -3.71. The molecule has 0 atom stereocenters. The van der Waals surface area contributed by atoms with Crippen LogP contribution in [0.2, 0.25) is 0 Å². The minimum absolute atomic E-state index is 0.0208. The summed E-state index contributed by atoms with van der Waals surface area (Å²) in [6.45, 7) is -0.0225. The molecule has 0 saturated carbocycles. The molecule has 3 aromatic carbocycles. The van der Waals surface area contributed by atoms with Crippen molar-refractivity contribution in [2.75, 3.05) is 11.9 Å². The van der Waals surface area contributed by atoms with Crippen molar-refractivity contribution < 1.29 is 13.2 Å². The first-order valence-electron chi connectivity index (χ1n) is 9.18. The molecule has 0 unspecified atom stereocenters. The van der Waals surface area contributed by atoms with Gasteiger partial charge < -0.3 is 5.32 Å². The smallest absolute Gasteiger partial charge is 0.240 e. The number of aromatic nitrogens is 2. The molecule has 0 saturated heterocycles. The second-order valence-corrected chi connectivity index (χ2v) is 9.23. The molecule has 0 fully saturated rings. The van der Waals surface area contributed by atoms with Gasteiger partial charge in [0.05, 0.1) is 4.90 Å². The van der Waals surface area contributed by atoms with Crippen molar-refractivity contribution in [3.63, 3.8) is 0 Å². The number of hydrogen-bond donors (Lipinski definition) is 2. The first-order valence-corrected chi connectivity index (χ1v) is 11.5. The predicted molar refractivity (Wildman–Crippen MR) is 118 cm³/mol. The maximum absolute atomic E-state index is 12.5. The van der Waals surface area contributed by atoms with Gasteiger partial charge in [0.1, 0.15) is 5.01 Å². The average molecular weight is 439 g/mol. The highest BCUT2D eigenvalue weighted by Crippen LogP contribution is 2.26. The minimum Gasteiger partial charge on any atom is -0.300 e. The van der Waals surface area contributed by atoms with Crippen LogP contribution in [0.1, 0.15) is 6.42 Å². The van der Waals surface area contributed by atoms with Crippen molar-refractivity contribution in [3.8, 4) is 10.6 Å². The largest absolute Gasteiger partial charge is 0.300 e. The van der Waals surface area contributed by atoms with Gasteiger partial charge in [0.2, 0.25) is 21.1 Å². The van der Waals surface area contributed by atoms with Crippen molar-refractivity contribution in [3.05, 3.63) is 72.8 Å². The van der Waals surface area contributed by atoms with Gasteiger partial charge in [-0.2, -0.15) is 0 Å². The molecule has 0 aliphatic heterocycles. The molecule has 9 heteroatoms. The normalized spacial score (nSPS) is 11.5. The van der Waals surface area contributed by atoms with Crippen LogP contribution in [-0.4, -0.2) is 31.1 Å². The summed E-state index contributed by atoms with van der Waals surface area (Å²) in [5.41, 5.74) is 0.915. The molecule has 4 rings (SSSR count). The second-order valence-electron chi connectivity index (χ2n) is 6.48. The third-order valence-electron chi connectivity index (χ3n) is 4.37. The number of anilines is 1. The van der Waals surface area contributed by atoms with Crippen LogP contribution >= 0.6 is 11.3 Å². The maximum atomic E-state index is 12.5. The van der Waals surface area contributed by atoms with Crippen molar-refractivity contribution in [2.24, 2.45) is 0 Å². The SMILES string of the molecule is O=C(CCNS(=O)(=O)c1ccc2ccccc2c1)Nc1nnc(-c2ccccc2)s1. The zero-order valence-corrected chi connectivity index (χ0v) is 17.4. The van der Waals surface area contributed by atoms with Crippen LogP contribution < -0.4 is 10.0 Å². The zero-order valence-electron chi connectivity index (χ0n) is 15.8. The lowest BCUT2D eigenvalue weighted by Gasteiger charge is -2.07. The number of nitrogens with zero attached hydrogens (tertiary/aromatic N) is 2. The molecule has 152 valence electrons. The number of rotatable bonds is 7. The van der Waals surface area contributed by atoms with E-state index < -0.39 is 10.0 Å². The third kappa shape index (κ3) is 4.70. The fourth-order valence-corrected chi connectivity index (χ4v) is 4.70. The zero-order chi connectivity index (χ0) is 21.0. The van der Waals surface area contributed by atoms with Gasteiger partial charge in [-0.1, -0.05) is 72.0 Å². The van der Waals surface area contributed by atoms with Crippen molar-refractivity contribution >= 4 is 43.2 Å². The van der Waals surface area contributed by atoms with E-state index in [-0.39, 0.29) is 23.8 Å². The summed E-state index contributed by atoms with van der Waals surface area (Å²) in [6, 6.07) is 22.0. The Labute approximate surface area is 177 Å². The second kappa shape index (κ2) is 8.70. The molecule has 2 N–H and O–H groups in total. The summed E-state index contributed by atoms with van der Waals surface area (Å²) in [4.78, 5) is 12.3. The van der Waals surface area contributed by atoms with Crippen molar-refractivity contribution in [1.82, 2.24) is 14.9 Å². The molecule has 0 bridgehead atoms. The van der Waals surface area contributed by atoms with Crippen LogP contribution in [0.3, 0.4) is 0 Å². The molecular weight excluding hydrogens is 420 g/mol. The van der Waals surface area contributed by atoms with Crippen LogP contribution in [0.4, 0.5) is 5.13 Å². The quantitative estimate of drug-likeness (QED) is 0.459. The van der Waals surface area contributed by atoms with E-state index in [4.69, 9.17) is 0 Å². The molecule has 0 radical (unpaired) electrons. The summed E-state index contributed by atoms with van der Waals surface area (Å²) >= 11 is 1.26. The molecule has 4 aromatic rings. The molecule has 0 aliphatic rings. The third-order valence-corrected chi connectivity index (χ3v) is 6.71. The number of nitrogens with one attached hydrogen (secondary N) is 2. The monoisotopic (exact) mass is 438 g/mol. The molecule has 1 amide bonds. The minimum atomic E-state index is -3.71. The van der Waals surface area contributed by atoms with Gasteiger partial charge in [0.25, 0.3) is 0 Å². The van der Waals surface area contributed by atoms with E-state index in [1.54, 1.807) is 18.2 Å². The highest BCUT2D eigenvalue weighted by Gasteiger charge is 2.15. The van der Waals surface area contributed by atoms with Gasteiger partial charge in [-0.15, -0.1) is 10.2 Å². The first-order chi connectivity index (χ1) is 14.5. The molecule has 0 aliphatic carbocycles. The van der Waals surface area contributed by atoms with E-state index in [0.717, 1.165) is 16.3 Å². The van der Waals surface area contributed by atoms with Crippen LogP contribution in [0, 0.1) is 0 Å². The Bertz CT molecular complexity index is 1290. The summed E-state index contributed by atoms with van der Waals surface area (Å²) < 4.78 is 27.5. The Hall–Kier alpha value is -3.14. The Kier molecular flexibility index (Phi) is 5.84. The molecule has 1 aromatic heterocycles. The topological polar surface area (TPSA) is 101 Å². The standard InChI is InChI=1S/C21H18N4O3S2/c26-19(23-21-25-24-20(29-21)16-7-2-1-3-8-16)12-13-22-30(27,28)18-11-10-15-6-4-5-9-17(15)14-18/h1-11,14,22H,12-13H2,(H,23,25,26). The number of amides is 1. The van der Waals surface area contributed by atoms with Gasteiger partial charge in [-0.05, 0) is 22.9 Å². The number of sulfonamides is 1. The van der Waals surface area contributed by atoms with Crippen molar-refractivity contribution in [1.29, 1.82) is 0 Å². The first kappa shape index (κ1) is 20.1. The summed E-state index contributed by atoms with van der Waals surface area (Å²) in [5, 5.41) is 13.5. The number of hydrogen-bond acceptors (Lipinski definition) is 6. The number of carbonyl (C=O) groups excluding carboxylic acids is 1. The number of fused-ring (bicyclic) bond motifs is 1. The lowest BCUT2D eigenvalue weighted by Crippen LogP contribution is -2.27. The van der Waals surface area contributed by atoms with Crippen LogP contribution in [0.25, 0.3) is 21.3 Å². The Morgan fingerprint density at radius 2 is 1.63 bits per heavy atom. The van der Waals surface area contributed by atoms with E-state index in [1.807, 2.05) is 54.6 Å². The molecule has 0 spiro atoms. The number of carbonyl (C=O) groups is 1. The van der Waals surface area contributed by atoms with Crippen LogP contribution in [0.15, 0.2) is 77.7 Å². The van der Waals surface area contributed by atoms with E-state index in [2.05, 4.69) is 20.2 Å². The van der Waals surface area contributed by atoms with Gasteiger partial charge in [0, 0.05) is 18.5 Å². The fraction of sp³-hybridized carbons (Fsp3) is 0.0952. The number of benzene rings is 3. The van der Waals surface area contributed by atoms with Gasteiger partial charge in [0.15, 0.2) is 0 Å². The lowest BCUT2D eigenvalue weighted by molar-refractivity contribution is -0.116. The van der Waals surface area contributed by atoms with Gasteiger partial charge in [-0.3, -0.25) is 4.79 Å². The Balaban J connectivity index is 1.33. The predicted octanol–water partition coefficient (Wildman–Crippen LogP) is 3.67. The molecule has 7 nitrogen and oxygen atoms in total. The van der Waals surface area contributed by atoms with E-state index in [9.17, 15) is 13.2 Å². The highest BCUT2D eigenvalue weighted by molar-refractivity contribution is 7.89. The Morgan fingerprint density at radius 3 is 2.43 bits per heavy atom. The van der Waals surface area contributed by atoms with E-state index in [1.165, 1.54) is 11.3 Å². The molecule has 30 heavy (non-hydrogen) atoms. The average Bonchev–Trinajstić information content (AvgIpc) is 3.22. The Morgan fingerprint density at radius 1 is 0.900 bits per heavy atom. The lowest BCUT2D eigenvalue weighted by atomic mass is 10.1. The maximum Gasteiger partial charge on any atom is 0.240 e. The van der Waals surface area contributed by atoms with E-state index in [0.29, 0.717) is 10.1 Å². The summed E-state index contributed by atoms with van der Waals surface area (Å²) in [5.74, 6) is -0.341.